The van der Waals surface area contributed by atoms with Crippen LogP contribution in [-0.2, 0) is 0 Å². The molecule has 5 aromatic rings. The Bertz CT molecular complexity index is 1570. The molecular formula is C28H22O2. The van der Waals surface area contributed by atoms with Crippen molar-refractivity contribution in [3.8, 4) is 0 Å². The minimum atomic E-state index is 0.196. The quantitative estimate of drug-likeness (QED) is 0.265. The van der Waals surface area contributed by atoms with Gasteiger partial charge in [0.15, 0.2) is 11.5 Å². The summed E-state index contributed by atoms with van der Waals surface area (Å²) in [7, 11) is 0. The van der Waals surface area contributed by atoms with E-state index in [0.29, 0.717) is 0 Å². The highest BCUT2D eigenvalue weighted by molar-refractivity contribution is 6.24. The third-order valence-electron chi connectivity index (χ3n) is 6.66. The molecule has 0 fully saturated rings. The second-order valence-corrected chi connectivity index (χ2v) is 8.25. The third kappa shape index (κ3) is 2.31. The Morgan fingerprint density at radius 2 is 1.17 bits per heavy atom. The van der Waals surface area contributed by atoms with Gasteiger partial charge in [0.1, 0.15) is 11.2 Å². The van der Waals surface area contributed by atoms with Gasteiger partial charge in [-0.15, -0.1) is 0 Å². The second-order valence-electron chi connectivity index (χ2n) is 8.25. The lowest BCUT2D eigenvalue weighted by Gasteiger charge is -2.11. The predicted molar refractivity (Wildman–Crippen MR) is 125 cm³/mol. The molecule has 146 valence electrons. The molecule has 4 aromatic carbocycles. The lowest BCUT2D eigenvalue weighted by Crippen LogP contribution is -1.90. The zero-order valence-corrected chi connectivity index (χ0v) is 17.3. The summed E-state index contributed by atoms with van der Waals surface area (Å²) in [6.45, 7) is 6.48. The zero-order chi connectivity index (χ0) is 20.4. The van der Waals surface area contributed by atoms with E-state index in [1.165, 1.54) is 32.7 Å². The van der Waals surface area contributed by atoms with Crippen molar-refractivity contribution in [1.82, 2.24) is 0 Å². The van der Waals surface area contributed by atoms with Gasteiger partial charge < -0.3 is 8.83 Å². The Kier molecular flexibility index (Phi) is 3.61. The van der Waals surface area contributed by atoms with Crippen LogP contribution in [0.2, 0.25) is 0 Å². The summed E-state index contributed by atoms with van der Waals surface area (Å²) in [6, 6.07) is 25.5. The summed E-state index contributed by atoms with van der Waals surface area (Å²) in [4.78, 5) is 0. The highest BCUT2D eigenvalue weighted by Gasteiger charge is 2.28. The molecule has 30 heavy (non-hydrogen) atoms. The molecule has 0 radical (unpaired) electrons. The molecule has 1 aromatic heterocycles. The smallest absolute Gasteiger partial charge is 0.169 e. The van der Waals surface area contributed by atoms with Crippen LogP contribution >= 0.6 is 0 Å². The van der Waals surface area contributed by atoms with E-state index >= 15 is 0 Å². The summed E-state index contributed by atoms with van der Waals surface area (Å²) >= 11 is 0. The Hall–Kier alpha value is -3.52. The molecule has 1 heterocycles. The lowest BCUT2D eigenvalue weighted by molar-refractivity contribution is 0.481. The summed E-state index contributed by atoms with van der Waals surface area (Å²) in [6.07, 6.45) is 0. The molecule has 0 amide bonds. The fourth-order valence-corrected chi connectivity index (χ4v) is 4.76. The molecule has 1 aliphatic carbocycles. The van der Waals surface area contributed by atoms with E-state index in [4.69, 9.17) is 8.83 Å². The number of benzene rings is 4. The summed E-state index contributed by atoms with van der Waals surface area (Å²) < 4.78 is 13.3. The molecule has 1 unspecified atom stereocenters. The minimum absolute atomic E-state index is 0.196. The maximum Gasteiger partial charge on any atom is 0.169 e. The molecular weight excluding hydrogens is 368 g/mol. The van der Waals surface area contributed by atoms with Crippen molar-refractivity contribution >= 4 is 49.1 Å². The van der Waals surface area contributed by atoms with Crippen molar-refractivity contribution in [2.24, 2.45) is 0 Å². The first-order valence-electron chi connectivity index (χ1n) is 10.4. The van der Waals surface area contributed by atoms with Crippen LogP contribution < -0.4 is 0 Å². The minimum Gasteiger partial charge on any atom is -0.457 e. The molecule has 0 saturated heterocycles. The highest BCUT2D eigenvalue weighted by Crippen LogP contribution is 2.44. The van der Waals surface area contributed by atoms with Gasteiger partial charge >= 0.3 is 0 Å². The Morgan fingerprint density at radius 3 is 1.77 bits per heavy atom. The van der Waals surface area contributed by atoms with Gasteiger partial charge in [-0.3, -0.25) is 0 Å². The fraction of sp³-hybridized carbons (Fsp3) is 0.143. The van der Waals surface area contributed by atoms with Gasteiger partial charge in [-0.2, -0.15) is 0 Å². The predicted octanol–water partition coefficient (Wildman–Crippen LogP) is 8.52. The van der Waals surface area contributed by atoms with Crippen LogP contribution in [0.4, 0.5) is 0 Å². The van der Waals surface area contributed by atoms with Crippen LogP contribution in [-0.4, -0.2) is 0 Å². The van der Waals surface area contributed by atoms with Gasteiger partial charge in [-0.25, -0.2) is 0 Å². The molecule has 0 N–H and O–H groups in total. The van der Waals surface area contributed by atoms with Crippen LogP contribution in [0.3, 0.4) is 0 Å². The third-order valence-corrected chi connectivity index (χ3v) is 6.66. The van der Waals surface area contributed by atoms with Gasteiger partial charge in [0.25, 0.3) is 0 Å². The molecule has 2 heteroatoms. The maximum absolute atomic E-state index is 6.64. The van der Waals surface area contributed by atoms with Crippen molar-refractivity contribution < 1.29 is 8.83 Å². The lowest BCUT2D eigenvalue weighted by atomic mass is 9.98. The van der Waals surface area contributed by atoms with Crippen LogP contribution in [0, 0.1) is 0 Å². The van der Waals surface area contributed by atoms with Crippen molar-refractivity contribution in [3.63, 3.8) is 0 Å². The first kappa shape index (κ1) is 17.3. The fourth-order valence-electron chi connectivity index (χ4n) is 4.76. The SMILES string of the molecule is CC1=C(C)C(C)c2oc3ccc4ccccc4c3c3c(ccc4ccccc43)oc21. The second kappa shape index (κ2) is 6.24. The van der Waals surface area contributed by atoms with E-state index in [2.05, 4.69) is 93.6 Å². The van der Waals surface area contributed by atoms with Crippen LogP contribution in [0.5, 0.6) is 0 Å². The summed E-state index contributed by atoms with van der Waals surface area (Å²) in [5.74, 6) is 1.96. The average molecular weight is 390 g/mol. The molecule has 0 bridgehead atoms. The van der Waals surface area contributed by atoms with E-state index in [0.717, 1.165) is 33.5 Å². The number of rotatable bonds is 0. The van der Waals surface area contributed by atoms with Crippen molar-refractivity contribution in [2.75, 3.05) is 0 Å². The number of hydrogen-bond donors (Lipinski definition) is 0. The number of fused-ring (bicyclic) bond motifs is 8. The van der Waals surface area contributed by atoms with E-state index in [9.17, 15) is 0 Å². The number of hydrogen-bond acceptors (Lipinski definition) is 2. The molecule has 6 rings (SSSR count). The monoisotopic (exact) mass is 390 g/mol. The standard InChI is InChI=1S/C28H22O2/c1-16-17(2)27-28(18(16)3)30-24-15-13-20-9-5-7-11-22(20)26(24)25-21-10-6-4-8-19(21)12-14-23(25)29-27/h4-15,17H,1-3H3. The van der Waals surface area contributed by atoms with Crippen LogP contribution in [0.1, 0.15) is 38.2 Å². The first-order valence-corrected chi connectivity index (χ1v) is 10.4. The van der Waals surface area contributed by atoms with Gasteiger partial charge in [0.2, 0.25) is 0 Å². The largest absolute Gasteiger partial charge is 0.457 e. The van der Waals surface area contributed by atoms with E-state index in [-0.39, 0.29) is 5.92 Å². The molecule has 1 atom stereocenters. The zero-order valence-electron chi connectivity index (χ0n) is 17.3. The molecule has 0 spiro atoms. The Labute approximate surface area is 174 Å². The number of allylic oxidation sites excluding steroid dienone is 2. The first-order chi connectivity index (χ1) is 14.6. The molecule has 1 aliphatic rings. The topological polar surface area (TPSA) is 26.3 Å². The highest BCUT2D eigenvalue weighted by atomic mass is 16.4. The van der Waals surface area contributed by atoms with Gasteiger partial charge in [0, 0.05) is 16.7 Å². The van der Waals surface area contributed by atoms with Gasteiger partial charge in [0.05, 0.1) is 0 Å². The molecule has 0 saturated carbocycles. The van der Waals surface area contributed by atoms with E-state index < -0.39 is 0 Å². The van der Waals surface area contributed by atoms with Crippen LogP contribution in [0.25, 0.3) is 49.1 Å². The van der Waals surface area contributed by atoms with Crippen LogP contribution in [0.15, 0.2) is 87.2 Å². The van der Waals surface area contributed by atoms with Crippen molar-refractivity contribution in [3.05, 3.63) is 89.9 Å². The van der Waals surface area contributed by atoms with E-state index in [1.807, 2.05) is 0 Å². The van der Waals surface area contributed by atoms with Gasteiger partial charge in [-0.05, 0) is 53.1 Å². The summed E-state index contributed by atoms with van der Waals surface area (Å²) in [5.41, 5.74) is 4.23. The van der Waals surface area contributed by atoms with Crippen molar-refractivity contribution in [1.29, 1.82) is 0 Å². The average Bonchev–Trinajstić information content (AvgIpc) is 2.96. The Balaban J connectivity index is 1.98. The molecule has 2 nitrogen and oxygen atoms in total. The Morgan fingerprint density at radius 1 is 0.633 bits per heavy atom. The maximum atomic E-state index is 6.64. The van der Waals surface area contributed by atoms with E-state index in [1.54, 1.807) is 0 Å². The normalized spacial score (nSPS) is 16.0. The molecule has 0 aliphatic heterocycles. The van der Waals surface area contributed by atoms with Gasteiger partial charge in [-0.1, -0.05) is 73.2 Å². The van der Waals surface area contributed by atoms with Crippen molar-refractivity contribution in [2.45, 2.75) is 26.7 Å². The summed E-state index contributed by atoms with van der Waals surface area (Å²) in [5, 5.41) is 6.92.